The molecule has 1 fully saturated rings. The van der Waals surface area contributed by atoms with Crippen molar-refractivity contribution in [3.05, 3.63) is 35.6 Å². The van der Waals surface area contributed by atoms with Gasteiger partial charge in [0, 0.05) is 19.1 Å². The van der Waals surface area contributed by atoms with E-state index < -0.39 is 0 Å². The van der Waals surface area contributed by atoms with Crippen LogP contribution >= 0.6 is 0 Å². The first kappa shape index (κ1) is 19.2. The van der Waals surface area contributed by atoms with Crippen LogP contribution in [0.2, 0.25) is 0 Å². The number of benzene rings is 1. The summed E-state index contributed by atoms with van der Waals surface area (Å²) in [5.41, 5.74) is 1.03. The molecule has 0 spiro atoms. The van der Waals surface area contributed by atoms with Crippen molar-refractivity contribution in [3.63, 3.8) is 0 Å². The normalized spacial score (nSPS) is 15.0. The van der Waals surface area contributed by atoms with Crippen molar-refractivity contribution in [2.75, 3.05) is 32.8 Å². The van der Waals surface area contributed by atoms with E-state index in [1.807, 2.05) is 0 Å². The van der Waals surface area contributed by atoms with E-state index in [9.17, 15) is 14.0 Å². The molecule has 2 N–H and O–H groups in total. The van der Waals surface area contributed by atoms with Gasteiger partial charge < -0.3 is 20.3 Å². The van der Waals surface area contributed by atoms with Crippen molar-refractivity contribution >= 4 is 12.0 Å². The number of rotatable bonds is 7. The van der Waals surface area contributed by atoms with Crippen LogP contribution < -0.4 is 10.6 Å². The van der Waals surface area contributed by atoms with E-state index in [-0.39, 0.29) is 30.4 Å². The Bertz CT molecular complexity index is 557. The van der Waals surface area contributed by atoms with Gasteiger partial charge in [-0.1, -0.05) is 12.1 Å². The number of hydrogen-bond donors (Lipinski definition) is 2. The highest BCUT2D eigenvalue weighted by molar-refractivity contribution is 5.78. The fourth-order valence-electron chi connectivity index (χ4n) is 2.79. The molecule has 0 bridgehead atoms. The smallest absolute Gasteiger partial charge is 0.409 e. The van der Waals surface area contributed by atoms with Crippen LogP contribution in [-0.4, -0.2) is 55.7 Å². The van der Waals surface area contributed by atoms with Crippen LogP contribution in [0.5, 0.6) is 0 Å². The SMILES string of the molecule is CCOC(=O)N1CCC(NC(=O)CNCCc2ccc(F)cc2)CC1. The lowest BCUT2D eigenvalue weighted by molar-refractivity contribution is -0.121. The molecular formula is C18H26FN3O3. The van der Waals surface area contributed by atoms with Crippen molar-refractivity contribution in [1.29, 1.82) is 0 Å². The van der Waals surface area contributed by atoms with Crippen molar-refractivity contribution in [2.24, 2.45) is 0 Å². The van der Waals surface area contributed by atoms with Crippen LogP contribution in [0.3, 0.4) is 0 Å². The average Bonchev–Trinajstić information content (AvgIpc) is 2.61. The molecule has 2 rings (SSSR count). The topological polar surface area (TPSA) is 70.7 Å². The van der Waals surface area contributed by atoms with Crippen LogP contribution in [0.4, 0.5) is 9.18 Å². The number of carbonyl (C=O) groups is 2. The maximum absolute atomic E-state index is 12.8. The molecule has 0 saturated carbocycles. The maximum Gasteiger partial charge on any atom is 0.409 e. The third-order valence-corrected chi connectivity index (χ3v) is 4.18. The van der Waals surface area contributed by atoms with E-state index in [0.717, 1.165) is 24.8 Å². The summed E-state index contributed by atoms with van der Waals surface area (Å²) in [4.78, 5) is 25.3. The predicted octanol–water partition coefficient (Wildman–Crippen LogP) is 1.69. The molecule has 1 heterocycles. The summed E-state index contributed by atoms with van der Waals surface area (Å²) < 4.78 is 17.8. The molecule has 0 aromatic heterocycles. The van der Waals surface area contributed by atoms with E-state index >= 15 is 0 Å². The maximum atomic E-state index is 12.8. The van der Waals surface area contributed by atoms with Gasteiger partial charge in [0.2, 0.25) is 5.91 Å². The number of hydrogen-bond acceptors (Lipinski definition) is 4. The number of ether oxygens (including phenoxy) is 1. The average molecular weight is 351 g/mol. The van der Waals surface area contributed by atoms with E-state index in [0.29, 0.717) is 26.2 Å². The standard InChI is InChI=1S/C18H26FN3O3/c1-2-25-18(24)22-11-8-16(9-12-22)21-17(23)13-20-10-7-14-3-5-15(19)6-4-14/h3-6,16,20H,2,7-13H2,1H3,(H,21,23). The lowest BCUT2D eigenvalue weighted by Crippen LogP contribution is -2.48. The number of carbonyl (C=O) groups excluding carboxylic acids is 2. The lowest BCUT2D eigenvalue weighted by atomic mass is 10.1. The summed E-state index contributed by atoms with van der Waals surface area (Å²) in [6.07, 6.45) is 1.93. The van der Waals surface area contributed by atoms with Crippen molar-refractivity contribution in [3.8, 4) is 0 Å². The fourth-order valence-corrected chi connectivity index (χ4v) is 2.79. The molecule has 1 aliphatic heterocycles. The summed E-state index contributed by atoms with van der Waals surface area (Å²) >= 11 is 0. The molecule has 7 heteroatoms. The third-order valence-electron chi connectivity index (χ3n) is 4.18. The number of nitrogens with one attached hydrogen (secondary N) is 2. The monoisotopic (exact) mass is 351 g/mol. The number of piperidine rings is 1. The Hall–Kier alpha value is -2.15. The van der Waals surface area contributed by atoms with Crippen LogP contribution in [-0.2, 0) is 16.0 Å². The lowest BCUT2D eigenvalue weighted by Gasteiger charge is -2.31. The molecule has 0 unspecified atom stereocenters. The summed E-state index contributed by atoms with van der Waals surface area (Å²) in [7, 11) is 0. The summed E-state index contributed by atoms with van der Waals surface area (Å²) in [6, 6.07) is 6.45. The summed E-state index contributed by atoms with van der Waals surface area (Å²) in [5.74, 6) is -0.293. The third kappa shape index (κ3) is 6.70. The minimum atomic E-state index is -0.283. The van der Waals surface area contributed by atoms with Crippen LogP contribution in [0.15, 0.2) is 24.3 Å². The van der Waals surface area contributed by atoms with Gasteiger partial charge in [-0.2, -0.15) is 0 Å². The highest BCUT2D eigenvalue weighted by Crippen LogP contribution is 2.11. The zero-order valence-corrected chi connectivity index (χ0v) is 14.6. The first-order valence-corrected chi connectivity index (χ1v) is 8.74. The molecule has 1 aromatic rings. The zero-order chi connectivity index (χ0) is 18.1. The van der Waals surface area contributed by atoms with Crippen LogP contribution in [0, 0.1) is 5.82 Å². The van der Waals surface area contributed by atoms with Gasteiger partial charge in [0.1, 0.15) is 5.82 Å². The van der Waals surface area contributed by atoms with Gasteiger partial charge in [-0.05, 0) is 50.4 Å². The predicted molar refractivity (Wildman–Crippen MR) is 92.7 cm³/mol. The van der Waals surface area contributed by atoms with Gasteiger partial charge in [0.25, 0.3) is 0 Å². The molecule has 2 amide bonds. The summed E-state index contributed by atoms with van der Waals surface area (Å²) in [5, 5.41) is 6.08. The Morgan fingerprint density at radius 3 is 2.56 bits per heavy atom. The second kappa shape index (κ2) is 9.98. The molecule has 1 saturated heterocycles. The quantitative estimate of drug-likeness (QED) is 0.734. The Morgan fingerprint density at radius 2 is 1.92 bits per heavy atom. The Labute approximate surface area is 147 Å². The minimum Gasteiger partial charge on any atom is -0.450 e. The highest BCUT2D eigenvalue weighted by atomic mass is 19.1. The van der Waals surface area contributed by atoms with Crippen molar-refractivity contribution < 1.29 is 18.7 Å². The van der Waals surface area contributed by atoms with E-state index in [2.05, 4.69) is 10.6 Å². The van der Waals surface area contributed by atoms with Crippen molar-refractivity contribution in [2.45, 2.75) is 32.2 Å². The molecule has 6 nitrogen and oxygen atoms in total. The first-order chi connectivity index (χ1) is 12.1. The van der Waals surface area contributed by atoms with Gasteiger partial charge in [-0.25, -0.2) is 9.18 Å². The number of likely N-dealkylation sites (tertiary alicyclic amines) is 1. The van der Waals surface area contributed by atoms with Gasteiger partial charge in [-0.15, -0.1) is 0 Å². The van der Waals surface area contributed by atoms with Crippen molar-refractivity contribution in [1.82, 2.24) is 15.5 Å². The molecular weight excluding hydrogens is 325 g/mol. The number of nitrogens with zero attached hydrogens (tertiary/aromatic N) is 1. The molecule has 0 atom stereocenters. The summed E-state index contributed by atoms with van der Waals surface area (Å²) in [6.45, 7) is 4.26. The van der Waals surface area contributed by atoms with Crippen LogP contribution in [0.1, 0.15) is 25.3 Å². The molecule has 0 aliphatic carbocycles. The van der Waals surface area contributed by atoms with Gasteiger partial charge in [0.15, 0.2) is 0 Å². The molecule has 1 aliphatic rings. The second-order valence-electron chi connectivity index (χ2n) is 6.08. The number of halogens is 1. The Balaban J connectivity index is 1.58. The molecule has 0 radical (unpaired) electrons. The highest BCUT2D eigenvalue weighted by Gasteiger charge is 2.24. The van der Waals surface area contributed by atoms with E-state index in [4.69, 9.17) is 4.74 Å². The minimum absolute atomic E-state index is 0.0475. The first-order valence-electron chi connectivity index (χ1n) is 8.74. The van der Waals surface area contributed by atoms with Gasteiger partial charge in [-0.3, -0.25) is 4.79 Å². The Morgan fingerprint density at radius 1 is 1.24 bits per heavy atom. The van der Waals surface area contributed by atoms with Gasteiger partial charge in [0.05, 0.1) is 13.2 Å². The largest absolute Gasteiger partial charge is 0.450 e. The molecule has 25 heavy (non-hydrogen) atoms. The van der Waals surface area contributed by atoms with Gasteiger partial charge >= 0.3 is 6.09 Å². The Kier molecular flexibility index (Phi) is 7.66. The van der Waals surface area contributed by atoms with E-state index in [1.165, 1.54) is 12.1 Å². The molecule has 138 valence electrons. The second-order valence-corrected chi connectivity index (χ2v) is 6.08. The van der Waals surface area contributed by atoms with Crippen LogP contribution in [0.25, 0.3) is 0 Å². The fraction of sp³-hybridized carbons (Fsp3) is 0.556. The number of amides is 2. The molecule has 1 aromatic carbocycles. The zero-order valence-electron chi connectivity index (χ0n) is 14.6. The van der Waals surface area contributed by atoms with E-state index in [1.54, 1.807) is 24.0 Å².